The fourth-order valence-corrected chi connectivity index (χ4v) is 4.55. The number of guanidine groups is 1. The van der Waals surface area contributed by atoms with Crippen LogP contribution in [0.25, 0.3) is 0 Å². The van der Waals surface area contributed by atoms with Crippen LogP contribution < -0.4 is 5.32 Å². The molecular formula is C21H41IN4O2. The van der Waals surface area contributed by atoms with Crippen molar-refractivity contribution in [1.82, 2.24) is 15.1 Å². The first-order chi connectivity index (χ1) is 13.0. The minimum Gasteiger partial charge on any atom is -0.466 e. The van der Waals surface area contributed by atoms with E-state index < -0.39 is 0 Å². The number of halogens is 1. The average molecular weight is 508 g/mol. The van der Waals surface area contributed by atoms with Gasteiger partial charge in [-0.15, -0.1) is 24.0 Å². The summed E-state index contributed by atoms with van der Waals surface area (Å²) in [4.78, 5) is 21.2. The molecule has 2 unspecified atom stereocenters. The second kappa shape index (κ2) is 13.6. The molecule has 0 spiro atoms. The Bertz CT molecular complexity index is 471. The van der Waals surface area contributed by atoms with Crippen LogP contribution in [-0.4, -0.2) is 74.7 Å². The number of nitrogens with one attached hydrogen (secondary N) is 1. The fourth-order valence-electron chi connectivity index (χ4n) is 4.55. The van der Waals surface area contributed by atoms with E-state index in [1.807, 2.05) is 14.0 Å². The van der Waals surface area contributed by atoms with Crippen molar-refractivity contribution in [2.45, 2.75) is 52.9 Å². The number of hydrogen-bond acceptors (Lipinski definition) is 4. The molecule has 0 radical (unpaired) electrons. The summed E-state index contributed by atoms with van der Waals surface area (Å²) in [5.74, 6) is 2.65. The van der Waals surface area contributed by atoms with Gasteiger partial charge in [0.15, 0.2) is 5.96 Å². The molecule has 0 aliphatic carbocycles. The molecule has 1 N–H and O–H groups in total. The van der Waals surface area contributed by atoms with Crippen molar-refractivity contribution in [2.75, 3.05) is 52.9 Å². The second-order valence-electron chi connectivity index (χ2n) is 8.40. The van der Waals surface area contributed by atoms with Gasteiger partial charge in [0.1, 0.15) is 0 Å². The highest BCUT2D eigenvalue weighted by Crippen LogP contribution is 2.21. The zero-order valence-electron chi connectivity index (χ0n) is 18.3. The van der Waals surface area contributed by atoms with Crippen LogP contribution in [0.1, 0.15) is 52.9 Å². The summed E-state index contributed by atoms with van der Waals surface area (Å²) in [5, 5.41) is 3.50. The Balaban J connectivity index is 0.00000392. The number of aliphatic imine (C=N–C) groups is 1. The van der Waals surface area contributed by atoms with Crippen molar-refractivity contribution in [3.63, 3.8) is 0 Å². The van der Waals surface area contributed by atoms with E-state index in [1.54, 1.807) is 0 Å². The van der Waals surface area contributed by atoms with Crippen molar-refractivity contribution in [1.29, 1.82) is 0 Å². The molecule has 2 rings (SSSR count). The molecule has 0 amide bonds. The number of rotatable bonds is 7. The van der Waals surface area contributed by atoms with Crippen molar-refractivity contribution < 1.29 is 9.53 Å². The van der Waals surface area contributed by atoms with Gasteiger partial charge in [-0.3, -0.25) is 9.79 Å². The van der Waals surface area contributed by atoms with E-state index >= 15 is 0 Å². The van der Waals surface area contributed by atoms with Crippen LogP contribution in [0.3, 0.4) is 0 Å². The first kappa shape index (κ1) is 25.5. The molecule has 164 valence electrons. The van der Waals surface area contributed by atoms with Crippen molar-refractivity contribution in [3.05, 3.63) is 0 Å². The molecule has 0 bridgehead atoms. The smallest absolute Gasteiger partial charge is 0.309 e. The van der Waals surface area contributed by atoms with E-state index in [1.165, 1.54) is 32.5 Å². The highest BCUT2D eigenvalue weighted by molar-refractivity contribution is 14.0. The van der Waals surface area contributed by atoms with E-state index in [-0.39, 0.29) is 35.9 Å². The molecule has 28 heavy (non-hydrogen) atoms. The molecule has 2 saturated heterocycles. The summed E-state index contributed by atoms with van der Waals surface area (Å²) in [5.41, 5.74) is 0. The van der Waals surface area contributed by atoms with Crippen molar-refractivity contribution in [3.8, 4) is 0 Å². The van der Waals surface area contributed by atoms with Crippen LogP contribution in [0.4, 0.5) is 0 Å². The van der Waals surface area contributed by atoms with Gasteiger partial charge in [0.2, 0.25) is 0 Å². The van der Waals surface area contributed by atoms with E-state index in [0.717, 1.165) is 56.7 Å². The number of esters is 1. The van der Waals surface area contributed by atoms with Gasteiger partial charge in [-0.2, -0.15) is 0 Å². The summed E-state index contributed by atoms with van der Waals surface area (Å²) >= 11 is 0. The zero-order valence-corrected chi connectivity index (χ0v) is 20.6. The molecule has 0 saturated carbocycles. The highest BCUT2D eigenvalue weighted by Gasteiger charge is 2.27. The number of likely N-dealkylation sites (tertiary alicyclic amines) is 2. The molecule has 0 aromatic heterocycles. The SMILES string of the molecule is CCOC(=O)C1CCN(C(=NC)NCCCCN2CC(C)CC(C)C2)CC1.I. The standard InChI is InChI=1S/C21H40N4O2.HI/c1-5-27-20(26)19-8-12-25(13-9-19)21(22-4)23-10-6-7-11-24-15-17(2)14-18(3)16-24;/h17-19H,5-16H2,1-4H3,(H,22,23);1H. The monoisotopic (exact) mass is 508 g/mol. The van der Waals surface area contributed by atoms with Gasteiger partial charge in [0.05, 0.1) is 12.5 Å². The van der Waals surface area contributed by atoms with Gasteiger partial charge in [-0.1, -0.05) is 13.8 Å². The number of piperidine rings is 2. The predicted molar refractivity (Wildman–Crippen MR) is 126 cm³/mol. The molecule has 7 heteroatoms. The number of carbonyl (C=O) groups excluding carboxylic acids is 1. The maximum absolute atomic E-state index is 11.9. The van der Waals surface area contributed by atoms with Crippen LogP contribution >= 0.6 is 24.0 Å². The van der Waals surface area contributed by atoms with E-state index in [0.29, 0.717) is 6.61 Å². The predicted octanol–water partition coefficient (Wildman–Crippen LogP) is 3.21. The maximum atomic E-state index is 11.9. The Kier molecular flexibility index (Phi) is 12.4. The van der Waals surface area contributed by atoms with E-state index in [4.69, 9.17) is 4.74 Å². The normalized spacial score (nSPS) is 24.6. The van der Waals surface area contributed by atoms with Gasteiger partial charge in [-0.05, 0) is 57.4 Å². The third-order valence-electron chi connectivity index (χ3n) is 5.75. The molecule has 2 aliphatic heterocycles. The molecule has 6 nitrogen and oxygen atoms in total. The third-order valence-corrected chi connectivity index (χ3v) is 5.75. The Morgan fingerprint density at radius 2 is 1.79 bits per heavy atom. The minimum atomic E-state index is -0.0403. The molecular weight excluding hydrogens is 467 g/mol. The third kappa shape index (κ3) is 8.43. The van der Waals surface area contributed by atoms with Gasteiger partial charge < -0.3 is 19.9 Å². The molecule has 2 heterocycles. The van der Waals surface area contributed by atoms with Crippen molar-refractivity contribution in [2.24, 2.45) is 22.7 Å². The quantitative estimate of drug-likeness (QED) is 0.188. The average Bonchev–Trinajstić information content (AvgIpc) is 2.64. The number of hydrogen-bond donors (Lipinski definition) is 1. The fraction of sp³-hybridized carbons (Fsp3) is 0.905. The largest absolute Gasteiger partial charge is 0.466 e. The Morgan fingerprint density at radius 3 is 2.36 bits per heavy atom. The minimum absolute atomic E-state index is 0. The lowest BCUT2D eigenvalue weighted by molar-refractivity contribution is -0.149. The van der Waals surface area contributed by atoms with Crippen LogP contribution in [0.15, 0.2) is 4.99 Å². The number of ether oxygens (including phenoxy) is 1. The van der Waals surface area contributed by atoms with Gasteiger partial charge in [-0.25, -0.2) is 0 Å². The number of nitrogens with zero attached hydrogens (tertiary/aromatic N) is 3. The maximum Gasteiger partial charge on any atom is 0.309 e. The first-order valence-electron chi connectivity index (χ1n) is 10.9. The molecule has 0 aromatic rings. The lowest BCUT2D eigenvalue weighted by Gasteiger charge is -2.35. The van der Waals surface area contributed by atoms with Gasteiger partial charge >= 0.3 is 5.97 Å². The lowest BCUT2D eigenvalue weighted by atomic mass is 9.92. The van der Waals surface area contributed by atoms with Crippen LogP contribution in [0.5, 0.6) is 0 Å². The van der Waals surface area contributed by atoms with Crippen molar-refractivity contribution >= 4 is 35.9 Å². The number of carbonyl (C=O) groups is 1. The summed E-state index contributed by atoms with van der Waals surface area (Å²) in [6, 6.07) is 0. The Morgan fingerprint density at radius 1 is 1.14 bits per heavy atom. The zero-order chi connectivity index (χ0) is 19.6. The Hall–Kier alpha value is -0.570. The van der Waals surface area contributed by atoms with Gasteiger partial charge in [0, 0.05) is 39.8 Å². The van der Waals surface area contributed by atoms with Crippen LogP contribution in [0.2, 0.25) is 0 Å². The number of unbranched alkanes of at least 4 members (excludes halogenated alkanes) is 1. The summed E-state index contributed by atoms with van der Waals surface area (Å²) in [6.07, 6.45) is 5.48. The summed E-state index contributed by atoms with van der Waals surface area (Å²) in [6.45, 7) is 13.5. The lowest BCUT2D eigenvalue weighted by Crippen LogP contribution is -2.47. The molecule has 2 aliphatic rings. The summed E-state index contributed by atoms with van der Waals surface area (Å²) < 4.78 is 5.15. The molecule has 0 aromatic carbocycles. The van der Waals surface area contributed by atoms with Gasteiger partial charge in [0.25, 0.3) is 0 Å². The van der Waals surface area contributed by atoms with Crippen LogP contribution in [0, 0.1) is 17.8 Å². The van der Waals surface area contributed by atoms with Crippen LogP contribution in [-0.2, 0) is 9.53 Å². The topological polar surface area (TPSA) is 57.2 Å². The first-order valence-corrected chi connectivity index (χ1v) is 10.9. The second-order valence-corrected chi connectivity index (χ2v) is 8.40. The molecule has 2 fully saturated rings. The van der Waals surface area contributed by atoms with E-state index in [9.17, 15) is 4.79 Å². The van der Waals surface area contributed by atoms with E-state index in [2.05, 4.69) is 34.0 Å². The Labute approximate surface area is 188 Å². The highest BCUT2D eigenvalue weighted by atomic mass is 127. The molecule has 2 atom stereocenters. The summed E-state index contributed by atoms with van der Waals surface area (Å²) in [7, 11) is 1.84.